The normalized spacial score (nSPS) is 13.3. The van der Waals surface area contributed by atoms with Crippen molar-refractivity contribution < 1.29 is 4.79 Å². The van der Waals surface area contributed by atoms with Crippen LogP contribution >= 0.6 is 0 Å². The number of hydrogen-bond acceptors (Lipinski definition) is 2. The molecule has 2 rings (SSSR count). The highest BCUT2D eigenvalue weighted by Crippen LogP contribution is 2.10. The minimum absolute atomic E-state index is 0.0746. The van der Waals surface area contributed by atoms with E-state index in [1.807, 2.05) is 30.3 Å². The first-order valence-electron chi connectivity index (χ1n) is 3.44. The molecule has 1 aromatic carbocycles. The highest BCUT2D eigenvalue weighted by atomic mass is 16.1. The Balaban J connectivity index is 2.29. The van der Waals surface area contributed by atoms with Crippen LogP contribution in [-0.4, -0.2) is 5.78 Å². The number of carbonyl (C=O) groups excluding carboxylic acids is 1. The van der Waals surface area contributed by atoms with Gasteiger partial charge in [0.25, 0.3) is 0 Å². The second-order valence-electron chi connectivity index (χ2n) is 2.40. The van der Waals surface area contributed by atoms with Crippen molar-refractivity contribution in [1.29, 1.82) is 0 Å². The molecular formula is C9H7NO. The van der Waals surface area contributed by atoms with Crippen LogP contribution in [-0.2, 0) is 0 Å². The second kappa shape index (κ2) is 2.23. The van der Waals surface area contributed by atoms with Gasteiger partial charge in [-0.25, -0.2) is 0 Å². The highest BCUT2D eigenvalue weighted by Gasteiger charge is 2.17. The Hall–Kier alpha value is -1.57. The highest BCUT2D eigenvalue weighted by molar-refractivity contribution is 6.10. The zero-order chi connectivity index (χ0) is 7.68. The van der Waals surface area contributed by atoms with E-state index in [4.69, 9.17) is 0 Å². The van der Waals surface area contributed by atoms with Crippen molar-refractivity contribution in [2.45, 2.75) is 0 Å². The first kappa shape index (κ1) is 6.16. The lowest BCUT2D eigenvalue weighted by atomic mass is 10.1. The molecule has 0 amide bonds. The molecule has 54 valence electrons. The topological polar surface area (TPSA) is 39.0 Å². The van der Waals surface area contributed by atoms with Gasteiger partial charge < -0.3 is 5.32 Å². The quantitative estimate of drug-likeness (QED) is 0.637. The van der Waals surface area contributed by atoms with Gasteiger partial charge in [0, 0.05) is 11.8 Å². The number of allylic oxidation sites excluding steroid dienone is 1. The van der Waals surface area contributed by atoms with Gasteiger partial charge in [0.15, 0.2) is 0 Å². The Labute approximate surface area is 64.5 Å². The summed E-state index contributed by atoms with van der Waals surface area (Å²) < 4.78 is 0. The minimum Gasteiger partial charge on any atom is -0.355 e. The molecule has 11 heavy (non-hydrogen) atoms. The fourth-order valence-corrected chi connectivity index (χ4v) is 0.912. The Morgan fingerprint density at radius 3 is 2.36 bits per heavy atom. The van der Waals surface area contributed by atoms with E-state index in [-0.39, 0.29) is 5.78 Å². The smallest absolute Gasteiger partial charge is 0.210 e. The third-order valence-electron chi connectivity index (χ3n) is 1.57. The van der Waals surface area contributed by atoms with Crippen molar-refractivity contribution in [2.75, 3.05) is 0 Å². The summed E-state index contributed by atoms with van der Waals surface area (Å²) in [5, 5.41) is 2.77. The van der Waals surface area contributed by atoms with Crippen molar-refractivity contribution in [3.05, 3.63) is 47.8 Å². The number of Topliss-reactive ketones (excluding diaryl/α,β-unsaturated/α-hetero) is 1. The van der Waals surface area contributed by atoms with Gasteiger partial charge >= 0.3 is 0 Å². The largest absolute Gasteiger partial charge is 0.355 e. The van der Waals surface area contributed by atoms with Gasteiger partial charge in [-0.1, -0.05) is 30.3 Å². The Morgan fingerprint density at radius 1 is 1.18 bits per heavy atom. The predicted molar refractivity (Wildman–Crippen MR) is 42.0 cm³/mol. The van der Waals surface area contributed by atoms with Crippen molar-refractivity contribution in [3.8, 4) is 0 Å². The third kappa shape index (κ3) is 1.15. The molecule has 0 spiro atoms. The molecule has 1 heterocycles. The third-order valence-corrected chi connectivity index (χ3v) is 1.57. The molecule has 0 radical (unpaired) electrons. The fraction of sp³-hybridized carbons (Fsp3) is 0. The molecule has 0 bridgehead atoms. The molecule has 1 aliphatic rings. The number of ketones is 1. The summed E-state index contributed by atoms with van der Waals surface area (Å²) in [5.74, 6) is 0.0746. The van der Waals surface area contributed by atoms with Gasteiger partial charge in [-0.05, 0) is 0 Å². The van der Waals surface area contributed by atoms with Gasteiger partial charge in [0.2, 0.25) is 5.78 Å². The lowest BCUT2D eigenvalue weighted by Gasteiger charge is -1.92. The molecule has 1 aromatic rings. The van der Waals surface area contributed by atoms with Crippen molar-refractivity contribution in [1.82, 2.24) is 5.32 Å². The van der Waals surface area contributed by atoms with Crippen LogP contribution in [0.15, 0.2) is 42.2 Å². The van der Waals surface area contributed by atoms with Gasteiger partial charge in [-0.3, -0.25) is 4.79 Å². The molecule has 0 saturated carbocycles. The molecule has 2 nitrogen and oxygen atoms in total. The summed E-state index contributed by atoms with van der Waals surface area (Å²) in [6.07, 6.45) is 1.70. The van der Waals surface area contributed by atoms with Crippen LogP contribution in [0, 0.1) is 0 Å². The average molecular weight is 145 g/mol. The molecule has 1 N–H and O–H groups in total. The van der Waals surface area contributed by atoms with Crippen LogP contribution in [0.25, 0.3) is 0 Å². The average Bonchev–Trinajstić information content (AvgIpc) is 2.87. The first-order chi connectivity index (χ1) is 5.38. The molecule has 0 fully saturated rings. The molecule has 0 aliphatic carbocycles. The minimum atomic E-state index is 0.0746. The van der Waals surface area contributed by atoms with E-state index in [9.17, 15) is 4.79 Å². The van der Waals surface area contributed by atoms with Gasteiger partial charge in [-0.15, -0.1) is 0 Å². The van der Waals surface area contributed by atoms with E-state index < -0.39 is 0 Å². The van der Waals surface area contributed by atoms with Crippen LogP contribution in [0.4, 0.5) is 0 Å². The maximum atomic E-state index is 11.3. The van der Waals surface area contributed by atoms with E-state index in [2.05, 4.69) is 5.32 Å². The lowest BCUT2D eigenvalue weighted by Crippen LogP contribution is -1.99. The molecule has 2 heteroatoms. The Bertz CT molecular complexity index is 314. The van der Waals surface area contributed by atoms with Crippen molar-refractivity contribution >= 4 is 5.78 Å². The van der Waals surface area contributed by atoms with Crippen molar-refractivity contribution in [3.63, 3.8) is 0 Å². The predicted octanol–water partition coefficient (Wildman–Crippen LogP) is 1.31. The maximum Gasteiger partial charge on any atom is 0.210 e. The van der Waals surface area contributed by atoms with E-state index in [0.29, 0.717) is 5.70 Å². The summed E-state index contributed by atoms with van der Waals surface area (Å²) in [5.41, 5.74) is 1.44. The van der Waals surface area contributed by atoms with Crippen molar-refractivity contribution in [2.24, 2.45) is 0 Å². The SMILES string of the molecule is O=C(C1=CN1)c1ccccc1. The second-order valence-corrected chi connectivity index (χ2v) is 2.40. The maximum absolute atomic E-state index is 11.3. The molecule has 0 aromatic heterocycles. The number of hydrogen-bond donors (Lipinski definition) is 1. The van der Waals surface area contributed by atoms with Gasteiger partial charge in [0.05, 0.1) is 0 Å². The number of nitrogens with one attached hydrogen (secondary N) is 1. The molecule has 0 unspecified atom stereocenters. The lowest BCUT2D eigenvalue weighted by molar-refractivity contribution is 0.103. The first-order valence-corrected chi connectivity index (χ1v) is 3.44. The number of benzene rings is 1. The summed E-state index contributed by atoms with van der Waals surface area (Å²) in [6.45, 7) is 0. The summed E-state index contributed by atoms with van der Waals surface area (Å²) in [7, 11) is 0. The van der Waals surface area contributed by atoms with Gasteiger partial charge in [0.1, 0.15) is 5.70 Å². The zero-order valence-electron chi connectivity index (χ0n) is 5.87. The van der Waals surface area contributed by atoms with E-state index in [1.165, 1.54) is 0 Å². The summed E-state index contributed by atoms with van der Waals surface area (Å²) in [6, 6.07) is 9.23. The van der Waals surface area contributed by atoms with Crippen LogP contribution < -0.4 is 5.32 Å². The standard InChI is InChI=1S/C9H7NO/c11-9(8-6-10-8)7-4-2-1-3-5-7/h1-6,10H. The van der Waals surface area contributed by atoms with Crippen LogP contribution in [0.3, 0.4) is 0 Å². The van der Waals surface area contributed by atoms with E-state index in [1.54, 1.807) is 6.20 Å². The van der Waals surface area contributed by atoms with Crippen LogP contribution in [0.5, 0.6) is 0 Å². The monoisotopic (exact) mass is 145 g/mol. The Morgan fingerprint density at radius 2 is 1.82 bits per heavy atom. The van der Waals surface area contributed by atoms with E-state index in [0.717, 1.165) is 5.56 Å². The Kier molecular flexibility index (Phi) is 1.25. The van der Waals surface area contributed by atoms with Crippen LogP contribution in [0.2, 0.25) is 0 Å². The van der Waals surface area contributed by atoms with Gasteiger partial charge in [-0.2, -0.15) is 0 Å². The molecule has 1 aliphatic heterocycles. The zero-order valence-corrected chi connectivity index (χ0v) is 5.87. The summed E-state index contributed by atoms with van der Waals surface area (Å²) in [4.78, 5) is 11.3. The molecule has 0 saturated heterocycles. The number of rotatable bonds is 2. The molecule has 0 atom stereocenters. The molecular weight excluding hydrogens is 138 g/mol. The fourth-order valence-electron chi connectivity index (χ4n) is 0.912. The summed E-state index contributed by atoms with van der Waals surface area (Å²) >= 11 is 0. The van der Waals surface area contributed by atoms with E-state index >= 15 is 0 Å². The number of carbonyl (C=O) groups is 1. The van der Waals surface area contributed by atoms with Crippen LogP contribution in [0.1, 0.15) is 10.4 Å².